The molecule has 1 saturated heterocycles. The molecule has 1 fully saturated rings. The number of H-pyrrole nitrogens is 1. The first-order valence-corrected chi connectivity index (χ1v) is 9.28. The molecule has 5 heteroatoms. The van der Waals surface area contributed by atoms with E-state index < -0.39 is 0 Å². The first kappa shape index (κ1) is 17.8. The van der Waals surface area contributed by atoms with Crippen LogP contribution in [0.5, 0.6) is 0 Å². The predicted octanol–water partition coefficient (Wildman–Crippen LogP) is 3.21. The number of rotatable bonds is 5. The third-order valence-corrected chi connectivity index (χ3v) is 5.86. The molecule has 2 aromatic rings. The number of benzene rings is 1. The van der Waals surface area contributed by atoms with Crippen LogP contribution in [0.25, 0.3) is 10.9 Å². The molecule has 3 N–H and O–H groups in total. The average molecular weight is 343 g/mol. The van der Waals surface area contributed by atoms with Crippen molar-refractivity contribution in [1.29, 1.82) is 0 Å². The molecule has 2 heterocycles. The Bertz CT molecular complexity index is 724. The summed E-state index contributed by atoms with van der Waals surface area (Å²) in [6.45, 7) is 6.55. The van der Waals surface area contributed by atoms with E-state index in [1.165, 1.54) is 16.5 Å². The van der Waals surface area contributed by atoms with Gasteiger partial charge in [-0.3, -0.25) is 0 Å². The Kier molecular flexibility index (Phi) is 5.33. The van der Waals surface area contributed by atoms with Crippen molar-refractivity contribution in [2.75, 3.05) is 26.2 Å². The largest absolute Gasteiger partial charge is 0.396 e. The number of aromatic nitrogens is 1. The van der Waals surface area contributed by atoms with Gasteiger partial charge in [0.05, 0.1) is 0 Å². The zero-order chi connectivity index (χ0) is 17.9. The summed E-state index contributed by atoms with van der Waals surface area (Å²) in [6, 6.07) is 6.27. The fraction of sp³-hybridized carbons (Fsp3) is 0.550. The van der Waals surface area contributed by atoms with Crippen molar-refractivity contribution in [2.45, 2.75) is 39.5 Å². The van der Waals surface area contributed by atoms with Crippen LogP contribution in [-0.2, 0) is 6.42 Å². The van der Waals surface area contributed by atoms with Gasteiger partial charge in [-0.25, -0.2) is 4.79 Å². The van der Waals surface area contributed by atoms with Gasteiger partial charge in [0.25, 0.3) is 0 Å². The number of nitrogens with one attached hydrogen (secondary N) is 2. The van der Waals surface area contributed by atoms with Gasteiger partial charge in [0, 0.05) is 43.3 Å². The number of likely N-dealkylation sites (tertiary alicyclic amines) is 1. The summed E-state index contributed by atoms with van der Waals surface area (Å²) in [4.78, 5) is 17.6. The lowest BCUT2D eigenvalue weighted by molar-refractivity contribution is 0.0520. The molecule has 136 valence electrons. The van der Waals surface area contributed by atoms with Crippen molar-refractivity contribution in [1.82, 2.24) is 15.2 Å². The van der Waals surface area contributed by atoms with Crippen LogP contribution < -0.4 is 5.32 Å². The Morgan fingerprint density at radius 2 is 2.12 bits per heavy atom. The zero-order valence-electron chi connectivity index (χ0n) is 15.3. The monoisotopic (exact) mass is 343 g/mol. The summed E-state index contributed by atoms with van der Waals surface area (Å²) >= 11 is 0. The van der Waals surface area contributed by atoms with Crippen molar-refractivity contribution in [3.63, 3.8) is 0 Å². The van der Waals surface area contributed by atoms with Gasteiger partial charge in [-0.1, -0.05) is 19.1 Å². The highest BCUT2D eigenvalue weighted by Gasteiger charge is 2.33. The minimum Gasteiger partial charge on any atom is -0.396 e. The summed E-state index contributed by atoms with van der Waals surface area (Å²) in [6.07, 6.45) is 5.60. The number of aliphatic hydroxyl groups is 1. The second kappa shape index (κ2) is 7.48. The lowest BCUT2D eigenvalue weighted by Gasteiger charge is -2.40. The molecule has 0 spiro atoms. The van der Waals surface area contributed by atoms with E-state index in [1.54, 1.807) is 0 Å². The van der Waals surface area contributed by atoms with Gasteiger partial charge in [-0.05, 0) is 55.2 Å². The molecule has 0 radical (unpaired) electrons. The molecule has 0 saturated carbocycles. The second-order valence-electron chi connectivity index (χ2n) is 7.29. The summed E-state index contributed by atoms with van der Waals surface area (Å²) in [5.41, 5.74) is 3.67. The van der Waals surface area contributed by atoms with E-state index in [2.05, 4.69) is 42.3 Å². The van der Waals surface area contributed by atoms with Crippen LogP contribution in [0.15, 0.2) is 24.4 Å². The lowest BCUT2D eigenvalue weighted by atomic mass is 9.77. The Balaban J connectivity index is 1.51. The first-order valence-electron chi connectivity index (χ1n) is 9.28. The number of aryl methyl sites for hydroxylation is 1. The Labute approximate surface area is 149 Å². The molecular weight excluding hydrogens is 314 g/mol. The van der Waals surface area contributed by atoms with Crippen LogP contribution >= 0.6 is 0 Å². The highest BCUT2D eigenvalue weighted by Crippen LogP contribution is 2.34. The molecule has 1 aromatic heterocycles. The van der Waals surface area contributed by atoms with Gasteiger partial charge < -0.3 is 20.3 Å². The van der Waals surface area contributed by atoms with Crippen molar-refractivity contribution in [3.05, 3.63) is 35.5 Å². The zero-order valence-corrected chi connectivity index (χ0v) is 15.3. The van der Waals surface area contributed by atoms with Crippen molar-refractivity contribution >= 4 is 16.9 Å². The molecule has 3 rings (SSSR count). The van der Waals surface area contributed by atoms with Crippen molar-refractivity contribution in [3.8, 4) is 0 Å². The van der Waals surface area contributed by atoms with E-state index >= 15 is 0 Å². The first-order chi connectivity index (χ1) is 12.1. The molecule has 0 bridgehead atoms. The predicted molar refractivity (Wildman–Crippen MR) is 101 cm³/mol. The molecule has 25 heavy (non-hydrogen) atoms. The number of nitrogens with zero attached hydrogens (tertiary/aromatic N) is 1. The minimum atomic E-state index is 0.0122. The smallest absolute Gasteiger partial charge is 0.317 e. The third-order valence-electron chi connectivity index (χ3n) is 5.86. The third kappa shape index (κ3) is 3.66. The van der Waals surface area contributed by atoms with Crippen LogP contribution in [-0.4, -0.2) is 47.3 Å². The molecular formula is C20H29N3O2. The summed E-state index contributed by atoms with van der Waals surface area (Å²) in [5.74, 6) is 0. The Hall–Kier alpha value is -2.01. The molecule has 1 aliphatic heterocycles. The van der Waals surface area contributed by atoms with Gasteiger partial charge in [0.2, 0.25) is 0 Å². The normalized spacial score (nSPS) is 17.0. The fourth-order valence-electron chi connectivity index (χ4n) is 3.87. The highest BCUT2D eigenvalue weighted by atomic mass is 16.3. The van der Waals surface area contributed by atoms with Gasteiger partial charge >= 0.3 is 6.03 Å². The fourth-order valence-corrected chi connectivity index (χ4v) is 3.87. The lowest BCUT2D eigenvalue weighted by Crippen LogP contribution is -2.48. The number of aromatic amines is 1. The summed E-state index contributed by atoms with van der Waals surface area (Å²) in [5, 5.41) is 13.9. The molecule has 2 amide bonds. The number of fused-ring (bicyclic) bond motifs is 1. The van der Waals surface area contributed by atoms with E-state index in [9.17, 15) is 9.90 Å². The van der Waals surface area contributed by atoms with Crippen LogP contribution in [0.1, 0.15) is 37.3 Å². The number of urea groups is 1. The maximum Gasteiger partial charge on any atom is 0.317 e. The number of hydrogen-bond acceptors (Lipinski definition) is 2. The van der Waals surface area contributed by atoms with Gasteiger partial charge in [-0.2, -0.15) is 0 Å². The number of carbonyl (C=O) groups excluding carboxylic acids is 1. The van der Waals surface area contributed by atoms with E-state index in [0.29, 0.717) is 6.54 Å². The van der Waals surface area contributed by atoms with Crippen LogP contribution in [0.2, 0.25) is 0 Å². The van der Waals surface area contributed by atoms with Gasteiger partial charge in [0.1, 0.15) is 0 Å². The van der Waals surface area contributed by atoms with E-state index in [4.69, 9.17) is 0 Å². The number of aliphatic hydroxyl groups excluding tert-OH is 1. The number of amides is 2. The Morgan fingerprint density at radius 3 is 2.80 bits per heavy atom. The number of hydrogen-bond donors (Lipinski definition) is 3. The van der Waals surface area contributed by atoms with Gasteiger partial charge in [0.15, 0.2) is 0 Å². The number of carbonyl (C=O) groups is 1. The summed E-state index contributed by atoms with van der Waals surface area (Å²) in [7, 11) is 0. The quantitative estimate of drug-likeness (QED) is 0.780. The van der Waals surface area contributed by atoms with Crippen molar-refractivity contribution in [2.24, 2.45) is 5.41 Å². The minimum absolute atomic E-state index is 0.0122. The molecule has 1 aliphatic rings. The maximum absolute atomic E-state index is 12.4. The molecule has 0 aliphatic carbocycles. The molecule has 5 nitrogen and oxygen atoms in total. The maximum atomic E-state index is 12.4. The van der Waals surface area contributed by atoms with E-state index in [0.717, 1.165) is 44.3 Å². The average Bonchev–Trinajstić information content (AvgIpc) is 3.06. The van der Waals surface area contributed by atoms with Crippen LogP contribution in [0.4, 0.5) is 4.79 Å². The summed E-state index contributed by atoms with van der Waals surface area (Å²) < 4.78 is 0. The SMILES string of the molecule is CCC1(CO)CCN(C(=O)NCCc2c[nH]c3cccc(C)c23)CC1. The topological polar surface area (TPSA) is 68.4 Å². The van der Waals surface area contributed by atoms with E-state index in [1.807, 2.05) is 11.1 Å². The second-order valence-corrected chi connectivity index (χ2v) is 7.29. The number of piperidine rings is 1. The van der Waals surface area contributed by atoms with Crippen LogP contribution in [0.3, 0.4) is 0 Å². The van der Waals surface area contributed by atoms with Crippen LogP contribution in [0, 0.1) is 12.3 Å². The molecule has 0 atom stereocenters. The molecule has 1 aromatic carbocycles. The standard InChI is InChI=1S/C20H29N3O2/c1-3-20(14-24)8-11-23(12-9-20)19(25)21-10-7-16-13-22-17-6-4-5-15(2)18(16)17/h4-6,13,22,24H,3,7-12,14H2,1-2H3,(H,21,25). The van der Waals surface area contributed by atoms with E-state index in [-0.39, 0.29) is 18.1 Å². The Morgan fingerprint density at radius 1 is 1.36 bits per heavy atom. The molecule has 0 unspecified atom stereocenters. The van der Waals surface area contributed by atoms with Crippen molar-refractivity contribution < 1.29 is 9.90 Å². The van der Waals surface area contributed by atoms with Gasteiger partial charge in [-0.15, -0.1) is 0 Å². The highest BCUT2D eigenvalue weighted by molar-refractivity contribution is 5.86.